The molecule has 0 saturated carbocycles. The minimum Gasteiger partial charge on any atom is -0.497 e. The average Bonchev–Trinajstić information content (AvgIpc) is 2.18. The van der Waals surface area contributed by atoms with Gasteiger partial charge in [0, 0.05) is 6.07 Å². The third-order valence-corrected chi connectivity index (χ3v) is 2.53. The summed E-state index contributed by atoms with van der Waals surface area (Å²) in [5.41, 5.74) is 0. The maximum atomic E-state index is 11.8. The predicted octanol–water partition coefficient (Wildman–Crippen LogP) is 0.858. The Hall–Kier alpha value is -1.14. The molecule has 1 rings (SSSR count). The highest BCUT2D eigenvalue weighted by Crippen LogP contribution is 2.16. The molecule has 1 N–H and O–H groups in total. The topological polar surface area (TPSA) is 55.4 Å². The van der Waals surface area contributed by atoms with Crippen LogP contribution in [0.15, 0.2) is 29.2 Å². The van der Waals surface area contributed by atoms with E-state index in [1.54, 1.807) is 6.07 Å². The number of nitrogens with one attached hydrogen (secondary N) is 1. The molecule has 0 amide bonds. The van der Waals surface area contributed by atoms with Gasteiger partial charge in [0.2, 0.25) is 0 Å². The lowest BCUT2D eigenvalue weighted by Gasteiger charge is -2.02. The third kappa shape index (κ3) is 2.16. The van der Waals surface area contributed by atoms with Crippen LogP contribution < -0.4 is 9.68 Å². The number of methoxy groups -OCH3 is 1. The van der Waals surface area contributed by atoms with E-state index in [4.69, 9.17) is 4.74 Å². The van der Waals surface area contributed by atoms with Crippen LogP contribution in [0.5, 0.6) is 5.75 Å². The monoisotopic (exact) mass is 205 g/mol. The van der Waals surface area contributed by atoms with Gasteiger partial charge in [-0.1, -0.05) is 6.07 Å². The highest BCUT2D eigenvalue weighted by Gasteiger charge is 2.13. The van der Waals surface area contributed by atoms with Crippen LogP contribution in [0.2, 0.25) is 0 Å². The van der Waals surface area contributed by atoms with Crippen molar-refractivity contribution in [1.82, 2.24) is 4.94 Å². The second-order valence-electron chi connectivity index (χ2n) is 2.26. The molecule has 0 saturated heterocycles. The SMILES string of the molecule is COc1cccc(S(=O)(=O)NF)c1. The van der Waals surface area contributed by atoms with Crippen molar-refractivity contribution in [1.29, 1.82) is 0 Å². The molecule has 0 bridgehead atoms. The molecule has 4 nitrogen and oxygen atoms in total. The van der Waals surface area contributed by atoms with Crippen molar-refractivity contribution in [2.45, 2.75) is 4.90 Å². The molecule has 0 aliphatic carbocycles. The molecule has 0 fully saturated rings. The van der Waals surface area contributed by atoms with Gasteiger partial charge < -0.3 is 4.74 Å². The summed E-state index contributed by atoms with van der Waals surface area (Å²) in [5.74, 6) is 0.358. The van der Waals surface area contributed by atoms with Gasteiger partial charge in [0.05, 0.1) is 12.0 Å². The van der Waals surface area contributed by atoms with Crippen LogP contribution in [0, 0.1) is 0 Å². The van der Waals surface area contributed by atoms with E-state index >= 15 is 0 Å². The molecule has 0 unspecified atom stereocenters. The van der Waals surface area contributed by atoms with E-state index in [2.05, 4.69) is 0 Å². The first-order valence-corrected chi connectivity index (χ1v) is 4.85. The van der Waals surface area contributed by atoms with E-state index in [1.165, 1.54) is 25.3 Å². The van der Waals surface area contributed by atoms with Crippen LogP contribution in [-0.2, 0) is 10.0 Å². The van der Waals surface area contributed by atoms with E-state index in [0.717, 1.165) is 4.94 Å². The lowest BCUT2D eigenvalue weighted by atomic mass is 10.3. The van der Waals surface area contributed by atoms with Crippen LogP contribution in [0.4, 0.5) is 4.48 Å². The third-order valence-electron chi connectivity index (χ3n) is 1.45. The molecule has 72 valence electrons. The number of ether oxygens (including phenoxy) is 1. The molecular formula is C7H8FNO3S. The molecule has 0 heterocycles. The first kappa shape index (κ1) is 9.94. The summed E-state index contributed by atoms with van der Waals surface area (Å²) in [6.07, 6.45) is 0. The van der Waals surface area contributed by atoms with Gasteiger partial charge in [-0.3, -0.25) is 0 Å². The maximum absolute atomic E-state index is 11.8. The summed E-state index contributed by atoms with van der Waals surface area (Å²) in [6, 6.07) is 5.52. The summed E-state index contributed by atoms with van der Waals surface area (Å²) in [5, 5.41) is 0. The zero-order chi connectivity index (χ0) is 9.90. The maximum Gasteiger partial charge on any atom is 0.266 e. The summed E-state index contributed by atoms with van der Waals surface area (Å²) in [6.45, 7) is 0. The quantitative estimate of drug-likeness (QED) is 0.744. The van der Waals surface area contributed by atoms with Crippen molar-refractivity contribution in [2.75, 3.05) is 7.11 Å². The van der Waals surface area contributed by atoms with E-state index in [9.17, 15) is 12.9 Å². The van der Waals surface area contributed by atoms with Crippen molar-refractivity contribution in [3.05, 3.63) is 24.3 Å². The van der Waals surface area contributed by atoms with Crippen molar-refractivity contribution in [2.24, 2.45) is 0 Å². The van der Waals surface area contributed by atoms with E-state index in [-0.39, 0.29) is 4.90 Å². The molecule has 0 atom stereocenters. The van der Waals surface area contributed by atoms with Crippen molar-refractivity contribution in [3.63, 3.8) is 0 Å². The Morgan fingerprint density at radius 3 is 2.69 bits per heavy atom. The summed E-state index contributed by atoms with van der Waals surface area (Å²) in [4.78, 5) is 0.554. The number of halogens is 1. The number of benzene rings is 1. The second kappa shape index (κ2) is 3.71. The standard InChI is InChI=1S/C7H8FNO3S/c1-12-6-3-2-4-7(5-6)13(10,11)9-8/h2-5,9H,1H3. The normalized spacial score (nSPS) is 11.2. The Kier molecular flexibility index (Phi) is 2.84. The Bertz CT molecular complexity index is 390. The molecular weight excluding hydrogens is 197 g/mol. The van der Waals surface area contributed by atoms with Gasteiger partial charge in [-0.2, -0.15) is 0 Å². The van der Waals surface area contributed by atoms with Gasteiger partial charge in [0.15, 0.2) is 0 Å². The minimum atomic E-state index is -4.03. The van der Waals surface area contributed by atoms with Crippen molar-refractivity contribution in [3.8, 4) is 5.75 Å². The minimum absolute atomic E-state index is 0.172. The summed E-state index contributed by atoms with van der Waals surface area (Å²) in [7, 11) is -2.63. The lowest BCUT2D eigenvalue weighted by molar-refractivity contribution is 0.411. The molecule has 0 radical (unpaired) electrons. The van der Waals surface area contributed by atoms with Crippen LogP contribution in [0.25, 0.3) is 0 Å². The van der Waals surface area contributed by atoms with Crippen LogP contribution in [0.1, 0.15) is 0 Å². The Morgan fingerprint density at radius 1 is 1.46 bits per heavy atom. The molecule has 1 aromatic carbocycles. The average molecular weight is 205 g/mol. The fourth-order valence-electron chi connectivity index (χ4n) is 0.813. The molecule has 0 aliphatic heterocycles. The number of hydrogen-bond donors (Lipinski definition) is 1. The van der Waals surface area contributed by atoms with Gasteiger partial charge in [-0.05, 0) is 17.1 Å². The summed E-state index contributed by atoms with van der Waals surface area (Å²) < 4.78 is 38.4. The molecule has 0 aliphatic rings. The Balaban J connectivity index is 3.17. The van der Waals surface area contributed by atoms with E-state index in [0.29, 0.717) is 5.75 Å². The second-order valence-corrected chi connectivity index (χ2v) is 3.89. The van der Waals surface area contributed by atoms with Gasteiger partial charge >= 0.3 is 0 Å². The fraction of sp³-hybridized carbons (Fsp3) is 0.143. The predicted molar refractivity (Wildman–Crippen MR) is 44.4 cm³/mol. The first-order valence-electron chi connectivity index (χ1n) is 3.36. The largest absolute Gasteiger partial charge is 0.497 e. The number of hydrogen-bond acceptors (Lipinski definition) is 3. The van der Waals surface area contributed by atoms with Gasteiger partial charge in [-0.15, -0.1) is 4.48 Å². The van der Waals surface area contributed by atoms with Crippen molar-refractivity contribution < 1.29 is 17.6 Å². The van der Waals surface area contributed by atoms with Gasteiger partial charge in [0.1, 0.15) is 5.75 Å². The van der Waals surface area contributed by atoms with Gasteiger partial charge in [0.25, 0.3) is 10.0 Å². The highest BCUT2D eigenvalue weighted by molar-refractivity contribution is 7.89. The Morgan fingerprint density at radius 2 is 2.15 bits per heavy atom. The number of sulfonamides is 1. The molecule has 6 heteroatoms. The summed E-state index contributed by atoms with van der Waals surface area (Å²) >= 11 is 0. The van der Waals surface area contributed by atoms with Crippen LogP contribution in [0.3, 0.4) is 0 Å². The lowest BCUT2D eigenvalue weighted by Crippen LogP contribution is -2.14. The fourth-order valence-corrected chi connectivity index (χ4v) is 1.43. The van der Waals surface area contributed by atoms with Gasteiger partial charge in [-0.25, -0.2) is 8.42 Å². The van der Waals surface area contributed by atoms with Crippen LogP contribution in [-0.4, -0.2) is 15.5 Å². The van der Waals surface area contributed by atoms with E-state index in [1.807, 2.05) is 0 Å². The van der Waals surface area contributed by atoms with Crippen molar-refractivity contribution >= 4 is 10.0 Å². The Labute approximate surface area is 75.3 Å². The zero-order valence-corrected chi connectivity index (χ0v) is 7.64. The smallest absolute Gasteiger partial charge is 0.266 e. The number of rotatable bonds is 3. The molecule has 0 aromatic heterocycles. The van der Waals surface area contributed by atoms with Crippen LogP contribution >= 0.6 is 0 Å². The molecule has 13 heavy (non-hydrogen) atoms. The highest BCUT2D eigenvalue weighted by atomic mass is 32.2. The first-order chi connectivity index (χ1) is 6.10. The van der Waals surface area contributed by atoms with E-state index < -0.39 is 10.0 Å². The molecule has 1 aromatic rings. The molecule has 0 spiro atoms. The zero-order valence-electron chi connectivity index (χ0n) is 6.82.